The Balaban J connectivity index is 2.22. The quantitative estimate of drug-likeness (QED) is 0.604. The van der Waals surface area contributed by atoms with Crippen molar-refractivity contribution in [3.63, 3.8) is 0 Å². The molecule has 2 rings (SSSR count). The average molecular weight is 394 g/mol. The first-order valence-corrected chi connectivity index (χ1v) is 7.07. The van der Waals surface area contributed by atoms with Crippen LogP contribution in [0.15, 0.2) is 36.4 Å². The maximum absolute atomic E-state index is 13.7. The van der Waals surface area contributed by atoms with E-state index in [4.69, 9.17) is 17.3 Å². The van der Waals surface area contributed by atoms with Gasteiger partial charge in [0.1, 0.15) is 11.6 Å². The monoisotopic (exact) mass is 393 g/mol. The Kier molecular flexibility index (Phi) is 4.76. The summed E-state index contributed by atoms with van der Waals surface area (Å²) in [4.78, 5) is 0. The van der Waals surface area contributed by atoms with Crippen molar-refractivity contribution >= 4 is 34.2 Å². The van der Waals surface area contributed by atoms with Gasteiger partial charge in [0, 0.05) is 15.2 Å². The molecular weight excluding hydrogens is 383 g/mol. The van der Waals surface area contributed by atoms with E-state index < -0.39 is 17.7 Å². The fraction of sp³-hybridized carbons (Fsp3) is 0.143. The van der Waals surface area contributed by atoms with Crippen molar-refractivity contribution < 1.29 is 8.78 Å². The number of hydrogen-bond acceptors (Lipinski definition) is 1. The SMILES string of the molecule is NC(Cc1ccc(I)cc1)c1cc(F)c(Cl)cc1F. The van der Waals surface area contributed by atoms with Crippen LogP contribution in [0.2, 0.25) is 5.02 Å². The van der Waals surface area contributed by atoms with E-state index in [1.807, 2.05) is 24.3 Å². The summed E-state index contributed by atoms with van der Waals surface area (Å²) in [6, 6.07) is 9.15. The van der Waals surface area contributed by atoms with Gasteiger partial charge in [-0.05, 0) is 58.8 Å². The number of halogens is 4. The maximum Gasteiger partial charge on any atom is 0.142 e. The molecule has 0 aromatic heterocycles. The molecule has 0 aliphatic rings. The summed E-state index contributed by atoms with van der Waals surface area (Å²) in [6.07, 6.45) is 0.439. The van der Waals surface area contributed by atoms with E-state index in [2.05, 4.69) is 22.6 Å². The summed E-state index contributed by atoms with van der Waals surface area (Å²) >= 11 is 7.71. The molecule has 0 amide bonds. The fourth-order valence-electron chi connectivity index (χ4n) is 1.81. The lowest BCUT2D eigenvalue weighted by Crippen LogP contribution is -2.15. The fourth-order valence-corrected chi connectivity index (χ4v) is 2.32. The second-order valence-electron chi connectivity index (χ2n) is 4.22. The van der Waals surface area contributed by atoms with Gasteiger partial charge in [-0.15, -0.1) is 0 Å². The summed E-state index contributed by atoms with van der Waals surface area (Å²) in [5.41, 5.74) is 7.05. The highest BCUT2D eigenvalue weighted by Crippen LogP contribution is 2.25. The van der Waals surface area contributed by atoms with E-state index >= 15 is 0 Å². The Labute approximate surface area is 128 Å². The maximum atomic E-state index is 13.7. The molecule has 0 bridgehead atoms. The second-order valence-corrected chi connectivity index (χ2v) is 5.88. The Morgan fingerprint density at radius 1 is 1.11 bits per heavy atom. The predicted octanol–water partition coefficient (Wildman–Crippen LogP) is 4.47. The van der Waals surface area contributed by atoms with Crippen molar-refractivity contribution in [2.75, 3.05) is 0 Å². The van der Waals surface area contributed by atoms with Crippen LogP contribution in [0.5, 0.6) is 0 Å². The molecule has 1 atom stereocenters. The molecule has 2 N–H and O–H groups in total. The zero-order valence-corrected chi connectivity index (χ0v) is 12.8. The van der Waals surface area contributed by atoms with Crippen molar-refractivity contribution in [1.29, 1.82) is 0 Å². The molecule has 0 saturated carbocycles. The highest BCUT2D eigenvalue weighted by molar-refractivity contribution is 14.1. The molecule has 0 aliphatic heterocycles. The average Bonchev–Trinajstić information content (AvgIpc) is 2.36. The van der Waals surface area contributed by atoms with Crippen LogP contribution in [0.1, 0.15) is 17.2 Å². The summed E-state index contributed by atoms with van der Waals surface area (Å²) in [7, 11) is 0. The summed E-state index contributed by atoms with van der Waals surface area (Å²) in [6.45, 7) is 0. The first-order chi connectivity index (χ1) is 8.97. The lowest BCUT2D eigenvalue weighted by molar-refractivity contribution is 0.561. The third-order valence-corrected chi connectivity index (χ3v) is 3.82. The van der Waals surface area contributed by atoms with E-state index in [-0.39, 0.29) is 10.6 Å². The highest BCUT2D eigenvalue weighted by atomic mass is 127. The number of benzene rings is 2. The molecule has 2 aromatic carbocycles. The molecule has 0 heterocycles. The van der Waals surface area contributed by atoms with Crippen LogP contribution < -0.4 is 5.73 Å². The Bertz CT molecular complexity index is 587. The minimum Gasteiger partial charge on any atom is -0.324 e. The van der Waals surface area contributed by atoms with E-state index in [0.717, 1.165) is 21.3 Å². The van der Waals surface area contributed by atoms with Crippen molar-refractivity contribution in [3.8, 4) is 0 Å². The van der Waals surface area contributed by atoms with Crippen LogP contribution >= 0.6 is 34.2 Å². The molecule has 19 heavy (non-hydrogen) atoms. The van der Waals surface area contributed by atoms with Crippen molar-refractivity contribution in [2.24, 2.45) is 5.73 Å². The molecule has 0 saturated heterocycles. The second kappa shape index (κ2) is 6.15. The minimum atomic E-state index is -0.656. The molecule has 0 fully saturated rings. The van der Waals surface area contributed by atoms with Crippen LogP contribution in [0.25, 0.3) is 0 Å². The van der Waals surface area contributed by atoms with Gasteiger partial charge in [-0.2, -0.15) is 0 Å². The van der Waals surface area contributed by atoms with Crippen LogP contribution in [0, 0.1) is 15.2 Å². The largest absolute Gasteiger partial charge is 0.324 e. The van der Waals surface area contributed by atoms with Gasteiger partial charge in [0.2, 0.25) is 0 Å². The number of rotatable bonds is 3. The van der Waals surface area contributed by atoms with E-state index in [1.165, 1.54) is 0 Å². The van der Waals surface area contributed by atoms with Gasteiger partial charge < -0.3 is 5.73 Å². The Morgan fingerprint density at radius 2 is 1.74 bits per heavy atom. The number of hydrogen-bond donors (Lipinski definition) is 1. The molecule has 5 heteroatoms. The van der Waals surface area contributed by atoms with Crippen molar-refractivity contribution in [3.05, 3.63) is 67.8 Å². The van der Waals surface area contributed by atoms with Crippen LogP contribution in [-0.2, 0) is 6.42 Å². The zero-order valence-electron chi connectivity index (χ0n) is 9.84. The van der Waals surface area contributed by atoms with Crippen molar-refractivity contribution in [2.45, 2.75) is 12.5 Å². The molecule has 1 nitrogen and oxygen atoms in total. The van der Waals surface area contributed by atoms with Crippen LogP contribution in [-0.4, -0.2) is 0 Å². The van der Waals surface area contributed by atoms with E-state index in [0.29, 0.717) is 6.42 Å². The highest BCUT2D eigenvalue weighted by Gasteiger charge is 2.15. The Hall–Kier alpha value is -0.720. The molecule has 2 aromatic rings. The normalized spacial score (nSPS) is 12.5. The third-order valence-electron chi connectivity index (χ3n) is 2.81. The molecule has 0 spiro atoms. The lowest BCUT2D eigenvalue weighted by Gasteiger charge is -2.14. The molecular formula is C14H11ClF2IN. The first-order valence-electron chi connectivity index (χ1n) is 5.62. The van der Waals surface area contributed by atoms with Gasteiger partial charge in [0.15, 0.2) is 0 Å². The van der Waals surface area contributed by atoms with Crippen LogP contribution in [0.3, 0.4) is 0 Å². The minimum absolute atomic E-state index is 0.139. The zero-order chi connectivity index (χ0) is 14.0. The van der Waals surface area contributed by atoms with Gasteiger partial charge in [-0.1, -0.05) is 23.7 Å². The summed E-state index contributed by atoms with van der Waals surface area (Å²) < 4.78 is 28.2. The van der Waals surface area contributed by atoms with Gasteiger partial charge in [-0.25, -0.2) is 8.78 Å². The molecule has 1 unspecified atom stereocenters. The van der Waals surface area contributed by atoms with E-state index in [9.17, 15) is 8.78 Å². The van der Waals surface area contributed by atoms with Crippen LogP contribution in [0.4, 0.5) is 8.78 Å². The first kappa shape index (κ1) is 14.7. The predicted molar refractivity (Wildman–Crippen MR) is 81.2 cm³/mol. The lowest BCUT2D eigenvalue weighted by atomic mass is 9.99. The van der Waals surface area contributed by atoms with Gasteiger partial charge in [0.25, 0.3) is 0 Å². The third kappa shape index (κ3) is 3.64. The summed E-state index contributed by atoms with van der Waals surface area (Å²) in [5, 5.41) is -0.234. The van der Waals surface area contributed by atoms with E-state index in [1.54, 1.807) is 0 Å². The van der Waals surface area contributed by atoms with Gasteiger partial charge >= 0.3 is 0 Å². The van der Waals surface area contributed by atoms with Gasteiger partial charge in [-0.3, -0.25) is 0 Å². The topological polar surface area (TPSA) is 26.0 Å². The molecule has 100 valence electrons. The van der Waals surface area contributed by atoms with Gasteiger partial charge in [0.05, 0.1) is 5.02 Å². The molecule has 0 aliphatic carbocycles. The number of nitrogens with two attached hydrogens (primary N) is 1. The standard InChI is InChI=1S/C14H11ClF2IN/c15-11-7-12(16)10(6-13(11)17)14(19)5-8-1-3-9(18)4-2-8/h1-4,6-7,14H,5,19H2. The molecule has 0 radical (unpaired) electrons. The van der Waals surface area contributed by atoms with Crippen molar-refractivity contribution in [1.82, 2.24) is 0 Å². The Morgan fingerprint density at radius 3 is 2.37 bits per heavy atom. The summed E-state index contributed by atoms with van der Waals surface area (Å²) in [5.74, 6) is -1.24. The smallest absolute Gasteiger partial charge is 0.142 e.